The highest BCUT2D eigenvalue weighted by Crippen LogP contribution is 2.75. The molecule has 8 heteroatoms. The predicted molar refractivity (Wildman–Crippen MR) is 132 cm³/mol. The monoisotopic (exact) mass is 524 g/mol. The first-order chi connectivity index (χ1) is 16.2. The fourth-order valence-corrected chi connectivity index (χ4v) is 9.54. The van der Waals surface area contributed by atoms with Gasteiger partial charge in [0, 0.05) is 30.6 Å². The summed E-state index contributed by atoms with van der Waals surface area (Å²) >= 11 is 17.5. The number of alkyl halides is 3. The molecule has 0 radical (unpaired) electrons. The van der Waals surface area contributed by atoms with Gasteiger partial charge < -0.3 is 14.7 Å². The van der Waals surface area contributed by atoms with Crippen LogP contribution in [0.25, 0.3) is 0 Å². The van der Waals surface area contributed by atoms with Crippen LogP contribution in [0.15, 0.2) is 18.2 Å². The molecule has 5 fully saturated rings. The zero-order valence-corrected chi connectivity index (χ0v) is 21.5. The van der Waals surface area contributed by atoms with E-state index in [1.807, 2.05) is 11.0 Å². The lowest BCUT2D eigenvalue weighted by Gasteiger charge is -2.66. The second-order valence-electron chi connectivity index (χ2n) is 11.8. The van der Waals surface area contributed by atoms with E-state index >= 15 is 0 Å². The van der Waals surface area contributed by atoms with Crippen molar-refractivity contribution in [3.05, 3.63) is 29.3 Å². The van der Waals surface area contributed by atoms with Gasteiger partial charge in [0.15, 0.2) is 0 Å². The fraction of sp³-hybridized carbons (Fsp3) is 0.731. The van der Waals surface area contributed by atoms with Gasteiger partial charge in [-0.15, -0.1) is 0 Å². The van der Waals surface area contributed by atoms with Gasteiger partial charge >= 0.3 is 6.09 Å². The number of rotatable bonds is 3. The van der Waals surface area contributed by atoms with Crippen molar-refractivity contribution in [2.24, 2.45) is 23.2 Å². The van der Waals surface area contributed by atoms with Crippen molar-refractivity contribution in [1.29, 1.82) is 0 Å². The number of ether oxygens (including phenoxy) is 1. The molecule has 6 aliphatic rings. The molecular weight excluding hydrogens is 495 g/mol. The third-order valence-corrected chi connectivity index (χ3v) is 10.7. The summed E-state index contributed by atoms with van der Waals surface area (Å²) in [6.45, 7) is 2.84. The van der Waals surface area contributed by atoms with Crippen molar-refractivity contribution < 1.29 is 14.6 Å². The molecule has 4 bridgehead atoms. The summed E-state index contributed by atoms with van der Waals surface area (Å²) in [6.07, 6.45) is 7.89. The average molecular weight is 526 g/mol. The van der Waals surface area contributed by atoms with Crippen LogP contribution >= 0.6 is 34.8 Å². The summed E-state index contributed by atoms with van der Waals surface area (Å²) in [7, 11) is 0. The van der Waals surface area contributed by atoms with Crippen molar-refractivity contribution in [1.82, 2.24) is 9.80 Å². The highest BCUT2D eigenvalue weighted by atomic mass is 35.6. The molecule has 34 heavy (non-hydrogen) atoms. The maximum Gasteiger partial charge on any atom is 0.410 e. The Morgan fingerprint density at radius 3 is 2.79 bits per heavy atom. The molecule has 2 unspecified atom stereocenters. The van der Waals surface area contributed by atoms with Crippen LogP contribution in [-0.4, -0.2) is 63.1 Å². The van der Waals surface area contributed by atoms with Crippen molar-refractivity contribution in [3.8, 4) is 5.75 Å². The van der Waals surface area contributed by atoms with E-state index in [1.54, 1.807) is 0 Å². The van der Waals surface area contributed by atoms with Gasteiger partial charge in [-0.3, -0.25) is 4.90 Å². The highest BCUT2D eigenvalue weighted by molar-refractivity contribution is 6.67. The average Bonchev–Trinajstić information content (AvgIpc) is 3.47. The van der Waals surface area contributed by atoms with E-state index in [0.29, 0.717) is 23.6 Å². The summed E-state index contributed by atoms with van der Waals surface area (Å²) in [5.74, 6) is 2.08. The number of piperidine rings is 1. The Morgan fingerprint density at radius 1 is 1.21 bits per heavy atom. The van der Waals surface area contributed by atoms with Crippen molar-refractivity contribution >= 4 is 40.9 Å². The topological polar surface area (TPSA) is 53.0 Å². The summed E-state index contributed by atoms with van der Waals surface area (Å²) in [6, 6.07) is 6.79. The second-order valence-corrected chi connectivity index (χ2v) is 14.3. The van der Waals surface area contributed by atoms with Crippen molar-refractivity contribution in [3.63, 3.8) is 0 Å². The van der Waals surface area contributed by atoms with Crippen LogP contribution in [0, 0.1) is 23.2 Å². The summed E-state index contributed by atoms with van der Waals surface area (Å²) in [5, 5.41) is 10.5. The molecule has 4 aliphatic carbocycles. The van der Waals surface area contributed by atoms with Gasteiger partial charge in [-0.1, -0.05) is 40.9 Å². The Kier molecular flexibility index (Phi) is 4.82. The number of fused-ring (bicyclic) bond motifs is 1. The smallest absolute Gasteiger partial charge is 0.410 e. The molecule has 5 nitrogen and oxygen atoms in total. The second kappa shape index (κ2) is 7.34. The van der Waals surface area contributed by atoms with Gasteiger partial charge in [0.2, 0.25) is 3.79 Å². The Bertz CT molecular complexity index is 1040. The Hall–Kier alpha value is -0.880. The number of aromatic hydroxyl groups is 1. The number of hydrogen-bond donors (Lipinski definition) is 1. The minimum absolute atomic E-state index is 0.0157. The number of phenols is 1. The van der Waals surface area contributed by atoms with E-state index in [1.165, 1.54) is 30.5 Å². The summed E-state index contributed by atoms with van der Waals surface area (Å²) in [5.41, 5.74) is 3.02. The molecule has 2 heterocycles. The molecule has 6 atom stereocenters. The largest absolute Gasteiger partial charge is 0.508 e. The zero-order valence-electron chi connectivity index (χ0n) is 19.2. The first-order valence-corrected chi connectivity index (χ1v) is 13.9. The Morgan fingerprint density at radius 2 is 2.03 bits per heavy atom. The SMILES string of the molecule is O=C(OCC(Cl)(Cl)Cl)N1C[C@H]2C[C@@]34CCC1C2[C@@]31CCN(CC2CC2)[C@@H]4Cc2ccc(O)cc21. The molecular formula is C26H31Cl3N2O3. The molecule has 2 aliphatic heterocycles. The first-order valence-electron chi connectivity index (χ1n) is 12.8. The lowest BCUT2D eigenvalue weighted by Crippen LogP contribution is -2.70. The van der Waals surface area contributed by atoms with Crippen LogP contribution < -0.4 is 0 Å². The number of benzene rings is 1. The summed E-state index contributed by atoms with van der Waals surface area (Å²) < 4.78 is 3.84. The Balaban J connectivity index is 1.29. The van der Waals surface area contributed by atoms with E-state index in [9.17, 15) is 9.90 Å². The predicted octanol–water partition coefficient (Wildman–Crippen LogP) is 5.28. The molecule has 7 rings (SSSR count). The first kappa shape index (κ1) is 22.3. The molecule has 1 N–H and O–H groups in total. The fourth-order valence-electron chi connectivity index (χ4n) is 9.38. The van der Waals surface area contributed by atoms with Crippen LogP contribution in [0.4, 0.5) is 4.79 Å². The van der Waals surface area contributed by atoms with E-state index in [-0.39, 0.29) is 29.6 Å². The molecule has 1 aromatic carbocycles. The normalized spacial score (nSPS) is 40.1. The van der Waals surface area contributed by atoms with Gasteiger partial charge in [0.1, 0.15) is 12.4 Å². The molecule has 1 aromatic rings. The van der Waals surface area contributed by atoms with Gasteiger partial charge in [0.05, 0.1) is 0 Å². The van der Waals surface area contributed by atoms with E-state index in [2.05, 4.69) is 17.0 Å². The third kappa shape index (κ3) is 2.99. The van der Waals surface area contributed by atoms with E-state index in [4.69, 9.17) is 39.5 Å². The van der Waals surface area contributed by atoms with Gasteiger partial charge in [-0.25, -0.2) is 4.79 Å². The number of nitrogens with zero attached hydrogens (tertiary/aromatic N) is 2. The number of likely N-dealkylation sites (tertiary alicyclic amines) is 2. The maximum absolute atomic E-state index is 13.1. The quantitative estimate of drug-likeness (QED) is 0.546. The van der Waals surface area contributed by atoms with Crippen LogP contribution in [-0.2, 0) is 16.6 Å². The van der Waals surface area contributed by atoms with E-state index in [0.717, 1.165) is 51.1 Å². The lowest BCUT2D eigenvalue weighted by atomic mass is 9.43. The zero-order chi connectivity index (χ0) is 23.5. The van der Waals surface area contributed by atoms with Gasteiger partial charge in [-0.05, 0) is 97.9 Å². The van der Waals surface area contributed by atoms with Gasteiger partial charge in [0.25, 0.3) is 0 Å². The minimum Gasteiger partial charge on any atom is -0.508 e. The lowest BCUT2D eigenvalue weighted by molar-refractivity contribution is -0.103. The number of halogens is 3. The summed E-state index contributed by atoms with van der Waals surface area (Å²) in [4.78, 5) is 17.9. The number of amides is 1. The van der Waals surface area contributed by atoms with Crippen LogP contribution in [0.5, 0.6) is 5.75 Å². The standard InChI is InChI=1S/C26H31Cl3N2O3/c27-26(28,29)14-34-23(33)31-13-17-11-24-6-5-20(31)22(17)25(24)7-8-30(12-15-1-2-15)21(24)9-16-3-4-18(32)10-19(16)25/h3-4,10,15,17,20-22,32H,1-2,5-9,11-14H2/t17-,20?,21-,22?,24-,25+/m1/s1. The number of hydrogen-bond acceptors (Lipinski definition) is 4. The minimum atomic E-state index is -1.60. The van der Waals surface area contributed by atoms with E-state index < -0.39 is 3.79 Å². The van der Waals surface area contributed by atoms with Crippen molar-refractivity contribution in [2.45, 2.75) is 66.2 Å². The molecule has 184 valence electrons. The van der Waals surface area contributed by atoms with Crippen LogP contribution in [0.2, 0.25) is 0 Å². The van der Waals surface area contributed by atoms with Crippen LogP contribution in [0.3, 0.4) is 0 Å². The van der Waals surface area contributed by atoms with Crippen molar-refractivity contribution in [2.75, 3.05) is 26.2 Å². The number of carbonyl (C=O) groups is 1. The highest BCUT2D eigenvalue weighted by Gasteiger charge is 2.76. The Labute approximate surface area is 215 Å². The van der Waals surface area contributed by atoms with Gasteiger partial charge in [-0.2, -0.15) is 0 Å². The number of carbonyl (C=O) groups excluding carboxylic acids is 1. The molecule has 2 saturated heterocycles. The third-order valence-electron chi connectivity index (χ3n) is 10.4. The molecule has 0 aromatic heterocycles. The molecule has 3 saturated carbocycles. The maximum atomic E-state index is 13.1. The molecule has 1 amide bonds. The van der Waals surface area contributed by atoms with Crippen LogP contribution in [0.1, 0.15) is 49.7 Å². The number of phenolic OH excluding ortho intramolecular Hbond substituents is 1. The molecule has 0 spiro atoms.